The lowest BCUT2D eigenvalue weighted by atomic mass is 10.1. The highest BCUT2D eigenvalue weighted by molar-refractivity contribution is 9.10. The Morgan fingerprint density at radius 3 is 1.43 bits per heavy atom. The monoisotopic (exact) mass is 320 g/mol. The molecule has 0 aliphatic carbocycles. The minimum atomic E-state index is -0.436. The Balaban J connectivity index is 2.94. The van der Waals surface area contributed by atoms with Crippen LogP contribution in [-0.4, -0.2) is 0 Å². The van der Waals surface area contributed by atoms with E-state index in [1.807, 2.05) is 0 Å². The number of benzene rings is 2. The minimum Gasteiger partial charge on any atom is -0.205 e. The van der Waals surface area contributed by atoms with Gasteiger partial charge in [0.05, 0.1) is 8.95 Å². The van der Waals surface area contributed by atoms with Crippen LogP contribution in [0.15, 0.2) is 33.2 Å². The molecule has 0 heterocycles. The zero-order chi connectivity index (χ0) is 10.3. The fraction of sp³-hybridized carbons (Fsp3) is 0. The van der Waals surface area contributed by atoms with E-state index in [0.29, 0.717) is 8.95 Å². The quantitative estimate of drug-likeness (QED) is 0.663. The third kappa shape index (κ3) is 1.46. The van der Waals surface area contributed by atoms with Crippen LogP contribution >= 0.6 is 31.9 Å². The Kier molecular flexibility index (Phi) is 2.58. The van der Waals surface area contributed by atoms with Gasteiger partial charge in [-0.3, -0.25) is 0 Å². The highest BCUT2D eigenvalue weighted by Gasteiger charge is 2.10. The van der Waals surface area contributed by atoms with Crippen molar-refractivity contribution in [2.24, 2.45) is 0 Å². The van der Waals surface area contributed by atoms with Crippen molar-refractivity contribution in [3.05, 3.63) is 44.8 Å². The van der Waals surface area contributed by atoms with Gasteiger partial charge in [-0.1, -0.05) is 12.1 Å². The first kappa shape index (κ1) is 10.1. The molecule has 0 amide bonds. The zero-order valence-corrected chi connectivity index (χ0v) is 9.99. The van der Waals surface area contributed by atoms with Gasteiger partial charge in [-0.05, 0) is 44.0 Å². The number of fused-ring (bicyclic) bond motifs is 1. The first-order valence-electron chi connectivity index (χ1n) is 3.83. The summed E-state index contributed by atoms with van der Waals surface area (Å²) in [7, 11) is 0. The maximum Gasteiger partial charge on any atom is 0.145 e. The molecule has 0 saturated heterocycles. The molecule has 0 radical (unpaired) electrons. The third-order valence-electron chi connectivity index (χ3n) is 1.98. The van der Waals surface area contributed by atoms with Crippen LogP contribution in [0, 0.1) is 11.6 Å². The van der Waals surface area contributed by atoms with E-state index in [2.05, 4.69) is 31.9 Å². The first-order chi connectivity index (χ1) is 6.61. The zero-order valence-electron chi connectivity index (χ0n) is 6.82. The van der Waals surface area contributed by atoms with Crippen LogP contribution in [0.1, 0.15) is 0 Å². The first-order valence-corrected chi connectivity index (χ1v) is 5.41. The molecule has 0 aliphatic heterocycles. The lowest BCUT2D eigenvalue weighted by Gasteiger charge is -2.03. The summed E-state index contributed by atoms with van der Waals surface area (Å²) in [6, 6.07) is 6.07. The molecule has 0 spiro atoms. The molecular formula is C10H4Br2F2. The molecule has 72 valence electrons. The minimum absolute atomic E-state index is 0.278. The Morgan fingerprint density at radius 2 is 1.07 bits per heavy atom. The van der Waals surface area contributed by atoms with Crippen LogP contribution < -0.4 is 0 Å². The topological polar surface area (TPSA) is 0 Å². The fourth-order valence-electron chi connectivity index (χ4n) is 1.28. The number of halogens is 4. The van der Waals surface area contributed by atoms with Crippen molar-refractivity contribution in [3.63, 3.8) is 0 Å². The Labute approximate surface area is 96.2 Å². The van der Waals surface area contributed by atoms with Gasteiger partial charge < -0.3 is 0 Å². The second-order valence-corrected chi connectivity index (χ2v) is 4.53. The standard InChI is InChI=1S/C10H4Br2F2/c11-7-3-1-5-6(10(7)14)2-4-8(12)9(5)13/h1-4H. The Hall–Kier alpha value is -0.480. The van der Waals surface area contributed by atoms with Crippen molar-refractivity contribution >= 4 is 42.6 Å². The fourth-order valence-corrected chi connectivity index (χ4v) is 1.97. The largest absolute Gasteiger partial charge is 0.205 e. The summed E-state index contributed by atoms with van der Waals surface area (Å²) in [4.78, 5) is 0. The summed E-state index contributed by atoms with van der Waals surface area (Å²) in [6.45, 7) is 0. The maximum atomic E-state index is 13.5. The van der Waals surface area contributed by atoms with Crippen molar-refractivity contribution in [2.45, 2.75) is 0 Å². The van der Waals surface area contributed by atoms with Gasteiger partial charge in [0, 0.05) is 10.8 Å². The summed E-state index contributed by atoms with van der Waals surface area (Å²) < 4.78 is 27.6. The molecule has 0 aromatic heterocycles. The number of hydrogen-bond acceptors (Lipinski definition) is 0. The van der Waals surface area contributed by atoms with E-state index in [-0.39, 0.29) is 10.8 Å². The number of rotatable bonds is 0. The van der Waals surface area contributed by atoms with Crippen molar-refractivity contribution in [2.75, 3.05) is 0 Å². The molecule has 0 bridgehead atoms. The third-order valence-corrected chi connectivity index (χ3v) is 3.20. The second kappa shape index (κ2) is 3.59. The molecule has 0 unspecified atom stereocenters. The molecule has 2 rings (SSSR count). The normalized spacial score (nSPS) is 10.9. The van der Waals surface area contributed by atoms with Crippen LogP contribution in [0.3, 0.4) is 0 Å². The summed E-state index contributed by atoms with van der Waals surface area (Å²) in [5.74, 6) is -0.872. The van der Waals surface area contributed by atoms with Gasteiger partial charge in [0.1, 0.15) is 11.6 Å². The van der Waals surface area contributed by atoms with E-state index >= 15 is 0 Å². The summed E-state index contributed by atoms with van der Waals surface area (Å²) in [6.07, 6.45) is 0. The van der Waals surface area contributed by atoms with Crippen LogP contribution in [0.4, 0.5) is 8.78 Å². The molecule has 0 nitrogen and oxygen atoms in total. The van der Waals surface area contributed by atoms with E-state index in [9.17, 15) is 8.78 Å². The molecule has 2 aromatic carbocycles. The Bertz CT molecular complexity index is 462. The lowest BCUT2D eigenvalue weighted by Crippen LogP contribution is -1.86. The van der Waals surface area contributed by atoms with E-state index in [1.54, 1.807) is 12.1 Å². The Morgan fingerprint density at radius 1 is 0.714 bits per heavy atom. The summed E-state index contributed by atoms with van der Waals surface area (Å²) in [5.41, 5.74) is 0. The van der Waals surface area contributed by atoms with E-state index in [1.165, 1.54) is 12.1 Å². The van der Waals surface area contributed by atoms with Gasteiger partial charge in [0.15, 0.2) is 0 Å². The van der Waals surface area contributed by atoms with Gasteiger partial charge in [0.25, 0.3) is 0 Å². The highest BCUT2D eigenvalue weighted by Crippen LogP contribution is 2.29. The number of hydrogen-bond donors (Lipinski definition) is 0. The van der Waals surface area contributed by atoms with Crippen molar-refractivity contribution < 1.29 is 8.78 Å². The summed E-state index contributed by atoms with van der Waals surface area (Å²) in [5, 5.41) is 0.556. The SMILES string of the molecule is Fc1c(Br)ccc2c(F)c(Br)ccc12. The van der Waals surface area contributed by atoms with Crippen molar-refractivity contribution in [1.82, 2.24) is 0 Å². The van der Waals surface area contributed by atoms with E-state index in [4.69, 9.17) is 0 Å². The molecule has 0 atom stereocenters. The van der Waals surface area contributed by atoms with Gasteiger partial charge in [-0.15, -0.1) is 0 Å². The van der Waals surface area contributed by atoms with Crippen LogP contribution in [0.2, 0.25) is 0 Å². The van der Waals surface area contributed by atoms with Crippen molar-refractivity contribution in [1.29, 1.82) is 0 Å². The second-order valence-electron chi connectivity index (χ2n) is 2.82. The van der Waals surface area contributed by atoms with Gasteiger partial charge in [-0.2, -0.15) is 0 Å². The maximum absolute atomic E-state index is 13.5. The summed E-state index contributed by atoms with van der Waals surface area (Å²) >= 11 is 6.10. The van der Waals surface area contributed by atoms with Crippen molar-refractivity contribution in [3.8, 4) is 0 Å². The molecule has 0 aliphatic rings. The molecular weight excluding hydrogens is 318 g/mol. The smallest absolute Gasteiger partial charge is 0.145 e. The molecule has 4 heteroatoms. The van der Waals surface area contributed by atoms with E-state index in [0.717, 1.165) is 0 Å². The molecule has 14 heavy (non-hydrogen) atoms. The molecule has 2 aromatic rings. The molecule has 0 N–H and O–H groups in total. The van der Waals surface area contributed by atoms with Gasteiger partial charge in [-0.25, -0.2) is 8.78 Å². The van der Waals surface area contributed by atoms with Crippen LogP contribution in [0.5, 0.6) is 0 Å². The predicted molar refractivity (Wildman–Crippen MR) is 59.3 cm³/mol. The lowest BCUT2D eigenvalue weighted by molar-refractivity contribution is 0.622. The van der Waals surface area contributed by atoms with Crippen LogP contribution in [-0.2, 0) is 0 Å². The van der Waals surface area contributed by atoms with Gasteiger partial charge in [0.2, 0.25) is 0 Å². The van der Waals surface area contributed by atoms with E-state index < -0.39 is 11.6 Å². The molecule has 0 fully saturated rings. The average molecular weight is 322 g/mol. The molecule has 0 saturated carbocycles. The van der Waals surface area contributed by atoms with Crippen LogP contribution in [0.25, 0.3) is 10.8 Å². The predicted octanol–water partition coefficient (Wildman–Crippen LogP) is 4.64. The van der Waals surface area contributed by atoms with Gasteiger partial charge >= 0.3 is 0 Å². The highest BCUT2D eigenvalue weighted by atomic mass is 79.9. The average Bonchev–Trinajstić information content (AvgIpc) is 2.17.